The fraction of sp³-hybridized carbons (Fsp3) is 0.333. The lowest BCUT2D eigenvalue weighted by Crippen LogP contribution is -2.49. The molecule has 0 unspecified atom stereocenters. The summed E-state index contributed by atoms with van der Waals surface area (Å²) < 4.78 is 0. The Balaban J connectivity index is 1.67. The van der Waals surface area contributed by atoms with E-state index in [0.29, 0.717) is 28.9 Å². The Morgan fingerprint density at radius 2 is 1.97 bits per heavy atom. The lowest BCUT2D eigenvalue weighted by molar-refractivity contribution is 0.208. The van der Waals surface area contributed by atoms with Gasteiger partial charge in [-0.3, -0.25) is 9.69 Å². The van der Waals surface area contributed by atoms with Gasteiger partial charge in [-0.2, -0.15) is 4.98 Å². The standard InChI is InChI=1S/C21H23ClN6O2/c1-11(2)28-18-14(10-27(4)21(28)30)9-23-20(26-18)24-12(3)16-8-13-7-15(22)5-6-17(13)25-19(16)29/h5-9,11-12H,10H2,1-4H3,(H,25,29)(H,23,24,26)/t12-/m0/s1. The lowest BCUT2D eigenvalue weighted by Gasteiger charge is -2.36. The van der Waals surface area contributed by atoms with Crippen molar-refractivity contribution in [1.29, 1.82) is 0 Å². The highest BCUT2D eigenvalue weighted by molar-refractivity contribution is 6.31. The third-order valence-electron chi connectivity index (χ3n) is 5.17. The number of anilines is 2. The summed E-state index contributed by atoms with van der Waals surface area (Å²) in [5, 5.41) is 4.63. The van der Waals surface area contributed by atoms with Crippen molar-refractivity contribution in [1.82, 2.24) is 19.9 Å². The molecule has 4 rings (SSSR count). The molecule has 0 spiro atoms. The van der Waals surface area contributed by atoms with Crippen LogP contribution in [0, 0.1) is 0 Å². The number of carbonyl (C=O) groups is 1. The molecule has 3 heterocycles. The van der Waals surface area contributed by atoms with Gasteiger partial charge >= 0.3 is 6.03 Å². The van der Waals surface area contributed by atoms with Gasteiger partial charge in [0.1, 0.15) is 5.82 Å². The second-order valence-corrected chi connectivity index (χ2v) is 8.23. The van der Waals surface area contributed by atoms with Gasteiger partial charge in [-0.25, -0.2) is 9.78 Å². The number of aromatic amines is 1. The van der Waals surface area contributed by atoms with Crippen LogP contribution in [0.5, 0.6) is 0 Å². The first-order valence-corrected chi connectivity index (χ1v) is 10.1. The van der Waals surface area contributed by atoms with Gasteiger partial charge in [0.15, 0.2) is 0 Å². The van der Waals surface area contributed by atoms with Crippen LogP contribution in [0.1, 0.15) is 37.9 Å². The lowest BCUT2D eigenvalue weighted by atomic mass is 10.1. The van der Waals surface area contributed by atoms with E-state index in [2.05, 4.69) is 20.3 Å². The number of halogens is 1. The van der Waals surface area contributed by atoms with Crippen molar-refractivity contribution in [3.63, 3.8) is 0 Å². The van der Waals surface area contributed by atoms with E-state index in [-0.39, 0.29) is 23.7 Å². The summed E-state index contributed by atoms with van der Waals surface area (Å²) in [7, 11) is 1.76. The molecule has 156 valence electrons. The van der Waals surface area contributed by atoms with E-state index in [1.165, 1.54) is 0 Å². The number of hydrogen-bond donors (Lipinski definition) is 2. The number of amides is 2. The highest BCUT2D eigenvalue weighted by atomic mass is 35.5. The van der Waals surface area contributed by atoms with Gasteiger partial charge in [0.2, 0.25) is 5.95 Å². The number of aromatic nitrogens is 3. The molecule has 0 bridgehead atoms. The van der Waals surface area contributed by atoms with Gasteiger partial charge < -0.3 is 15.2 Å². The molecule has 0 aliphatic carbocycles. The first-order valence-electron chi connectivity index (χ1n) is 9.74. The zero-order chi connectivity index (χ0) is 21.6. The molecular weight excluding hydrogens is 404 g/mol. The zero-order valence-electron chi connectivity index (χ0n) is 17.2. The molecule has 1 aliphatic heterocycles. The molecule has 1 atom stereocenters. The number of nitrogens with zero attached hydrogens (tertiary/aromatic N) is 4. The first-order chi connectivity index (χ1) is 14.2. The summed E-state index contributed by atoms with van der Waals surface area (Å²) in [5.74, 6) is 0.951. The molecule has 0 radical (unpaired) electrons. The molecule has 2 amide bonds. The normalized spacial score (nSPS) is 14.9. The van der Waals surface area contributed by atoms with E-state index in [1.54, 1.807) is 41.2 Å². The average Bonchev–Trinajstić information content (AvgIpc) is 2.68. The quantitative estimate of drug-likeness (QED) is 0.659. The van der Waals surface area contributed by atoms with Gasteiger partial charge in [-0.05, 0) is 45.0 Å². The SMILES string of the molecule is CC(C)N1C(=O)N(C)Cc2cnc(N[C@@H](C)c3cc4cc(Cl)ccc4[nH]c3=O)nc21. The monoisotopic (exact) mass is 426 g/mol. The van der Waals surface area contributed by atoms with Gasteiger partial charge in [0.05, 0.1) is 12.6 Å². The Kier molecular flexibility index (Phi) is 5.11. The molecule has 0 saturated carbocycles. The number of nitrogens with one attached hydrogen (secondary N) is 2. The maximum Gasteiger partial charge on any atom is 0.325 e. The molecular formula is C21H23ClN6O2. The molecule has 0 fully saturated rings. The number of urea groups is 1. The van der Waals surface area contributed by atoms with E-state index < -0.39 is 0 Å². The van der Waals surface area contributed by atoms with Crippen LogP contribution in [0.3, 0.4) is 0 Å². The van der Waals surface area contributed by atoms with Crippen molar-refractivity contribution >= 4 is 40.3 Å². The summed E-state index contributed by atoms with van der Waals surface area (Å²) in [6, 6.07) is 6.63. The van der Waals surface area contributed by atoms with Gasteiger partial charge in [-0.1, -0.05) is 11.6 Å². The van der Waals surface area contributed by atoms with E-state index in [1.807, 2.05) is 26.8 Å². The second-order valence-electron chi connectivity index (χ2n) is 7.80. The van der Waals surface area contributed by atoms with Crippen LogP contribution < -0.4 is 15.8 Å². The fourth-order valence-corrected chi connectivity index (χ4v) is 3.82. The fourth-order valence-electron chi connectivity index (χ4n) is 3.64. The van der Waals surface area contributed by atoms with Crippen molar-refractivity contribution in [2.45, 2.75) is 39.4 Å². The highest BCUT2D eigenvalue weighted by Crippen LogP contribution is 2.29. The summed E-state index contributed by atoms with van der Waals surface area (Å²) >= 11 is 6.09. The molecule has 1 aromatic carbocycles. The second kappa shape index (κ2) is 7.60. The molecule has 1 aliphatic rings. The van der Waals surface area contributed by atoms with Crippen LogP contribution in [-0.4, -0.2) is 39.0 Å². The smallest absolute Gasteiger partial charge is 0.325 e. The Hall–Kier alpha value is -3.13. The van der Waals surface area contributed by atoms with Crippen LogP contribution in [0.4, 0.5) is 16.6 Å². The topological polar surface area (TPSA) is 94.2 Å². The van der Waals surface area contributed by atoms with Crippen molar-refractivity contribution in [3.8, 4) is 0 Å². The average molecular weight is 427 g/mol. The Labute approximate surface area is 178 Å². The molecule has 8 nitrogen and oxygen atoms in total. The van der Waals surface area contributed by atoms with E-state index in [0.717, 1.165) is 16.5 Å². The van der Waals surface area contributed by atoms with Crippen LogP contribution >= 0.6 is 11.6 Å². The van der Waals surface area contributed by atoms with Crippen LogP contribution in [0.25, 0.3) is 10.9 Å². The third-order valence-corrected chi connectivity index (χ3v) is 5.41. The number of hydrogen-bond acceptors (Lipinski definition) is 5. The minimum atomic E-state index is -0.357. The van der Waals surface area contributed by atoms with Crippen molar-refractivity contribution in [2.75, 3.05) is 17.3 Å². The minimum Gasteiger partial charge on any atom is -0.347 e. The van der Waals surface area contributed by atoms with Crippen LogP contribution in [-0.2, 0) is 6.54 Å². The number of benzene rings is 1. The predicted molar refractivity (Wildman–Crippen MR) is 118 cm³/mol. The predicted octanol–water partition coefficient (Wildman–Crippen LogP) is 3.92. The van der Waals surface area contributed by atoms with Gasteiger partial charge in [0.25, 0.3) is 5.56 Å². The van der Waals surface area contributed by atoms with Gasteiger partial charge in [-0.15, -0.1) is 0 Å². The van der Waals surface area contributed by atoms with Gasteiger partial charge in [0, 0.05) is 46.3 Å². The molecule has 30 heavy (non-hydrogen) atoms. The molecule has 0 saturated heterocycles. The summed E-state index contributed by atoms with van der Waals surface area (Å²) in [6.07, 6.45) is 1.72. The summed E-state index contributed by atoms with van der Waals surface area (Å²) in [4.78, 5) is 40.3. The Bertz CT molecular complexity index is 1190. The number of pyridine rings is 1. The largest absolute Gasteiger partial charge is 0.347 e. The van der Waals surface area contributed by atoms with E-state index >= 15 is 0 Å². The number of fused-ring (bicyclic) bond motifs is 2. The Morgan fingerprint density at radius 3 is 2.70 bits per heavy atom. The van der Waals surface area contributed by atoms with Crippen molar-refractivity contribution < 1.29 is 4.79 Å². The minimum absolute atomic E-state index is 0.0488. The Morgan fingerprint density at radius 1 is 1.20 bits per heavy atom. The van der Waals surface area contributed by atoms with E-state index in [4.69, 9.17) is 11.6 Å². The summed E-state index contributed by atoms with van der Waals surface area (Å²) in [5.41, 5.74) is 1.95. The van der Waals surface area contributed by atoms with Crippen molar-refractivity contribution in [3.05, 3.63) is 57.0 Å². The molecule has 2 aromatic heterocycles. The van der Waals surface area contributed by atoms with E-state index in [9.17, 15) is 9.59 Å². The molecule has 9 heteroatoms. The number of carbonyl (C=O) groups excluding carboxylic acids is 1. The van der Waals surface area contributed by atoms with Crippen molar-refractivity contribution in [2.24, 2.45) is 0 Å². The maximum absolute atomic E-state index is 12.6. The highest BCUT2D eigenvalue weighted by Gasteiger charge is 2.32. The zero-order valence-corrected chi connectivity index (χ0v) is 18.0. The molecule has 2 N–H and O–H groups in total. The third kappa shape index (κ3) is 3.59. The van der Waals surface area contributed by atoms with Crippen LogP contribution in [0.15, 0.2) is 35.3 Å². The number of H-pyrrole nitrogens is 1. The number of rotatable bonds is 4. The van der Waals surface area contributed by atoms with Crippen LogP contribution in [0.2, 0.25) is 5.02 Å². The maximum atomic E-state index is 12.6. The molecule has 3 aromatic rings. The first kappa shape index (κ1) is 20.2. The summed E-state index contributed by atoms with van der Waals surface area (Å²) in [6.45, 7) is 6.21.